The van der Waals surface area contributed by atoms with Gasteiger partial charge in [-0.05, 0) is 31.2 Å². The molecule has 2 fully saturated rings. The van der Waals surface area contributed by atoms with Gasteiger partial charge in [0.2, 0.25) is 0 Å². The van der Waals surface area contributed by atoms with Gasteiger partial charge in [0, 0.05) is 12.8 Å². The van der Waals surface area contributed by atoms with Gasteiger partial charge < -0.3 is 10.4 Å². The van der Waals surface area contributed by atoms with Crippen molar-refractivity contribution >= 4 is 11.8 Å². The number of aliphatic carboxylic acids is 1. The Balaban J connectivity index is 1.99. The van der Waals surface area contributed by atoms with Crippen LogP contribution in [0.5, 0.6) is 0 Å². The van der Waals surface area contributed by atoms with Crippen LogP contribution in [0, 0.1) is 11.8 Å². The van der Waals surface area contributed by atoms with Crippen LogP contribution in [-0.2, 0) is 9.59 Å². The summed E-state index contributed by atoms with van der Waals surface area (Å²) in [6.07, 6.45) is 2.82. The number of fused-ring (bicyclic) bond motifs is 1. The fraction of sp³-hybridized carbons (Fsp3) is 0.800. The first-order valence-electron chi connectivity index (χ1n) is 5.14. The first-order chi connectivity index (χ1) is 6.66. The Morgan fingerprint density at radius 1 is 1.43 bits per heavy atom. The molecule has 0 aromatic rings. The lowest BCUT2D eigenvalue weighted by Crippen LogP contribution is -2.49. The zero-order valence-electron chi connectivity index (χ0n) is 8.03. The minimum Gasteiger partial charge on any atom is -0.480 e. The molecule has 0 aromatic carbocycles. The van der Waals surface area contributed by atoms with Gasteiger partial charge in [0.25, 0.3) is 0 Å². The van der Waals surface area contributed by atoms with Gasteiger partial charge in [-0.25, -0.2) is 0 Å². The molecule has 2 rings (SSSR count). The number of ketones is 1. The number of hydrogen-bond acceptors (Lipinski definition) is 3. The van der Waals surface area contributed by atoms with Crippen molar-refractivity contribution in [1.82, 2.24) is 5.32 Å². The molecule has 1 aliphatic heterocycles. The topological polar surface area (TPSA) is 66.4 Å². The number of nitrogens with one attached hydrogen (secondary N) is 1. The Hall–Kier alpha value is -0.900. The molecule has 0 amide bonds. The molecule has 0 radical (unpaired) electrons. The van der Waals surface area contributed by atoms with E-state index < -0.39 is 12.0 Å². The summed E-state index contributed by atoms with van der Waals surface area (Å²) in [4.78, 5) is 22.0. The predicted octanol–water partition coefficient (Wildman–Crippen LogP) is 0.418. The molecule has 78 valence electrons. The Morgan fingerprint density at radius 3 is 2.93 bits per heavy atom. The number of rotatable bonds is 1. The summed E-state index contributed by atoms with van der Waals surface area (Å²) < 4.78 is 0. The van der Waals surface area contributed by atoms with E-state index in [1.54, 1.807) is 0 Å². The zero-order chi connectivity index (χ0) is 10.1. The molecular formula is C10H15NO3. The molecule has 1 heterocycles. The minimum absolute atomic E-state index is 0.303. The number of Topliss-reactive ketones (excluding diaryl/α,β-unsaturated/α-hetero) is 1. The second-order valence-corrected chi connectivity index (χ2v) is 4.34. The molecule has 4 heteroatoms. The summed E-state index contributed by atoms with van der Waals surface area (Å²) in [7, 11) is 0. The first-order valence-corrected chi connectivity index (χ1v) is 5.14. The average molecular weight is 197 g/mol. The molecule has 14 heavy (non-hydrogen) atoms. The lowest BCUT2D eigenvalue weighted by atomic mass is 9.73. The molecule has 1 aliphatic carbocycles. The van der Waals surface area contributed by atoms with Crippen LogP contribution in [0.3, 0.4) is 0 Å². The highest BCUT2D eigenvalue weighted by molar-refractivity contribution is 5.80. The standard InChI is InChI=1S/C10H15NO3/c12-8-2-1-6-5-11-9(10(13)14)4-7(6)3-8/h6-7,9,11H,1-5H2,(H,13,14)/t6-,7+,9-/m0/s1. The van der Waals surface area contributed by atoms with E-state index in [0.29, 0.717) is 36.9 Å². The van der Waals surface area contributed by atoms with Gasteiger partial charge >= 0.3 is 5.97 Å². The molecule has 0 bridgehead atoms. The van der Waals surface area contributed by atoms with Crippen molar-refractivity contribution in [3.8, 4) is 0 Å². The number of carbonyl (C=O) groups is 2. The summed E-state index contributed by atoms with van der Waals surface area (Å²) in [6, 6.07) is -0.442. The molecular weight excluding hydrogens is 182 g/mol. The van der Waals surface area contributed by atoms with Crippen LogP contribution in [0.1, 0.15) is 25.7 Å². The van der Waals surface area contributed by atoms with Gasteiger partial charge in [-0.3, -0.25) is 9.59 Å². The van der Waals surface area contributed by atoms with E-state index in [-0.39, 0.29) is 0 Å². The van der Waals surface area contributed by atoms with Crippen molar-refractivity contribution in [2.75, 3.05) is 6.54 Å². The van der Waals surface area contributed by atoms with E-state index in [1.807, 2.05) is 0 Å². The van der Waals surface area contributed by atoms with Crippen molar-refractivity contribution in [1.29, 1.82) is 0 Å². The van der Waals surface area contributed by atoms with E-state index >= 15 is 0 Å². The predicted molar refractivity (Wildman–Crippen MR) is 49.9 cm³/mol. The van der Waals surface area contributed by atoms with E-state index in [9.17, 15) is 9.59 Å². The summed E-state index contributed by atoms with van der Waals surface area (Å²) in [5.74, 6) is 0.334. The fourth-order valence-corrected chi connectivity index (χ4v) is 2.56. The fourth-order valence-electron chi connectivity index (χ4n) is 2.56. The van der Waals surface area contributed by atoms with Crippen molar-refractivity contribution < 1.29 is 14.7 Å². The van der Waals surface area contributed by atoms with Crippen LogP contribution in [0.15, 0.2) is 0 Å². The largest absolute Gasteiger partial charge is 0.480 e. The third-order valence-electron chi connectivity index (χ3n) is 3.41. The van der Waals surface area contributed by atoms with Crippen LogP contribution in [0.2, 0.25) is 0 Å². The quantitative estimate of drug-likeness (QED) is 0.639. The highest BCUT2D eigenvalue weighted by Crippen LogP contribution is 2.33. The van der Waals surface area contributed by atoms with E-state index in [0.717, 1.165) is 13.0 Å². The Labute approximate surface area is 82.7 Å². The number of piperidine rings is 1. The number of carbonyl (C=O) groups excluding carboxylic acids is 1. The molecule has 2 N–H and O–H groups in total. The van der Waals surface area contributed by atoms with Crippen molar-refractivity contribution in [3.63, 3.8) is 0 Å². The second kappa shape index (κ2) is 3.69. The third kappa shape index (κ3) is 1.80. The minimum atomic E-state index is -0.790. The SMILES string of the molecule is O=C1CC[C@H]2CN[C@H](C(=O)O)C[C@H]2C1. The monoisotopic (exact) mass is 197 g/mol. The molecule has 2 aliphatic rings. The van der Waals surface area contributed by atoms with E-state index in [4.69, 9.17) is 5.11 Å². The van der Waals surface area contributed by atoms with E-state index in [2.05, 4.69) is 5.32 Å². The maximum Gasteiger partial charge on any atom is 0.320 e. The average Bonchev–Trinajstić information content (AvgIpc) is 2.16. The van der Waals surface area contributed by atoms with Gasteiger partial charge in [-0.1, -0.05) is 0 Å². The first kappa shape index (κ1) is 9.65. The Morgan fingerprint density at radius 2 is 2.21 bits per heavy atom. The molecule has 3 atom stereocenters. The normalized spacial score (nSPS) is 37.7. The summed E-state index contributed by atoms with van der Waals surface area (Å²) >= 11 is 0. The van der Waals surface area contributed by atoms with Gasteiger partial charge in [-0.15, -0.1) is 0 Å². The highest BCUT2D eigenvalue weighted by Gasteiger charge is 2.36. The second-order valence-electron chi connectivity index (χ2n) is 4.34. The summed E-state index contributed by atoms with van der Waals surface area (Å²) in [5.41, 5.74) is 0. The lowest BCUT2D eigenvalue weighted by Gasteiger charge is -2.37. The molecule has 4 nitrogen and oxygen atoms in total. The third-order valence-corrected chi connectivity index (χ3v) is 3.41. The number of hydrogen-bond donors (Lipinski definition) is 2. The van der Waals surface area contributed by atoms with E-state index in [1.165, 1.54) is 0 Å². The van der Waals surface area contributed by atoms with Gasteiger partial charge in [0.05, 0.1) is 0 Å². The van der Waals surface area contributed by atoms with Crippen LogP contribution < -0.4 is 5.32 Å². The van der Waals surface area contributed by atoms with Gasteiger partial charge in [0.1, 0.15) is 11.8 Å². The number of carboxylic acids is 1. The lowest BCUT2D eigenvalue weighted by molar-refractivity contribution is -0.142. The van der Waals surface area contributed by atoms with Crippen LogP contribution >= 0.6 is 0 Å². The van der Waals surface area contributed by atoms with Crippen molar-refractivity contribution in [2.45, 2.75) is 31.7 Å². The Kier molecular flexibility index (Phi) is 2.54. The molecule has 0 unspecified atom stereocenters. The molecule has 1 saturated heterocycles. The maximum atomic E-state index is 11.2. The highest BCUT2D eigenvalue weighted by atomic mass is 16.4. The zero-order valence-corrected chi connectivity index (χ0v) is 8.03. The van der Waals surface area contributed by atoms with Crippen LogP contribution in [0.4, 0.5) is 0 Å². The molecule has 1 saturated carbocycles. The van der Waals surface area contributed by atoms with Crippen LogP contribution in [-0.4, -0.2) is 29.4 Å². The number of carboxylic acid groups (broad SMARTS) is 1. The van der Waals surface area contributed by atoms with Crippen molar-refractivity contribution in [3.05, 3.63) is 0 Å². The molecule has 0 aromatic heterocycles. The van der Waals surface area contributed by atoms with Crippen LogP contribution in [0.25, 0.3) is 0 Å². The van der Waals surface area contributed by atoms with Gasteiger partial charge in [0.15, 0.2) is 0 Å². The van der Waals surface area contributed by atoms with Crippen molar-refractivity contribution in [2.24, 2.45) is 11.8 Å². The smallest absolute Gasteiger partial charge is 0.320 e. The Bertz CT molecular complexity index is 262. The van der Waals surface area contributed by atoms with Gasteiger partial charge in [-0.2, -0.15) is 0 Å². The summed E-state index contributed by atoms with van der Waals surface area (Å²) in [6.45, 7) is 0.759. The summed E-state index contributed by atoms with van der Waals surface area (Å²) in [5, 5.41) is 11.9. The maximum absolute atomic E-state index is 11.2. The molecule has 0 spiro atoms.